The van der Waals surface area contributed by atoms with Crippen molar-refractivity contribution in [3.63, 3.8) is 0 Å². The van der Waals surface area contributed by atoms with Crippen LogP contribution in [0.3, 0.4) is 0 Å². The second kappa shape index (κ2) is 4.81. The van der Waals surface area contributed by atoms with Crippen molar-refractivity contribution < 1.29 is 13.2 Å². The molecule has 0 saturated heterocycles. The number of hydrogen-bond acceptors (Lipinski definition) is 2. The third-order valence-electron chi connectivity index (χ3n) is 2.63. The van der Waals surface area contributed by atoms with Crippen LogP contribution in [0.25, 0.3) is 0 Å². The molecule has 2 rings (SSSR count). The molecule has 2 N–H and O–H groups in total. The number of rotatable bonds is 3. The van der Waals surface area contributed by atoms with Crippen LogP contribution in [0, 0.1) is 17.5 Å². The maximum absolute atomic E-state index is 13.5. The van der Waals surface area contributed by atoms with E-state index in [2.05, 4.69) is 5.10 Å². The summed E-state index contributed by atoms with van der Waals surface area (Å²) in [7, 11) is 1.73. The number of hydrogen-bond donors (Lipinski definition) is 1. The molecule has 0 radical (unpaired) electrons. The van der Waals surface area contributed by atoms with Crippen molar-refractivity contribution in [1.82, 2.24) is 9.78 Å². The van der Waals surface area contributed by atoms with Gasteiger partial charge in [-0.3, -0.25) is 4.68 Å². The van der Waals surface area contributed by atoms with Crippen LogP contribution in [0.15, 0.2) is 24.5 Å². The van der Waals surface area contributed by atoms with E-state index < -0.39 is 23.5 Å². The highest BCUT2D eigenvalue weighted by Crippen LogP contribution is 2.23. The molecule has 1 aromatic heterocycles. The minimum absolute atomic E-state index is 0.229. The van der Waals surface area contributed by atoms with Crippen LogP contribution in [-0.2, 0) is 13.5 Å². The van der Waals surface area contributed by atoms with E-state index in [-0.39, 0.29) is 12.0 Å². The second-order valence-electron chi connectivity index (χ2n) is 4.12. The molecule has 3 nitrogen and oxygen atoms in total. The van der Waals surface area contributed by atoms with Crippen molar-refractivity contribution in [3.8, 4) is 0 Å². The van der Waals surface area contributed by atoms with Gasteiger partial charge < -0.3 is 5.73 Å². The lowest BCUT2D eigenvalue weighted by molar-refractivity contribution is 0.501. The highest BCUT2D eigenvalue weighted by atomic mass is 19.1. The topological polar surface area (TPSA) is 43.8 Å². The molecule has 18 heavy (non-hydrogen) atoms. The van der Waals surface area contributed by atoms with Crippen LogP contribution in [-0.4, -0.2) is 9.78 Å². The average Bonchev–Trinajstić information content (AvgIpc) is 2.62. The molecule has 2 aromatic rings. The van der Waals surface area contributed by atoms with Crippen LogP contribution in [0.5, 0.6) is 0 Å². The first-order valence-corrected chi connectivity index (χ1v) is 5.35. The zero-order valence-corrected chi connectivity index (χ0v) is 9.70. The van der Waals surface area contributed by atoms with Crippen LogP contribution >= 0.6 is 0 Å². The monoisotopic (exact) mass is 255 g/mol. The molecule has 0 spiro atoms. The summed E-state index contributed by atoms with van der Waals surface area (Å²) in [4.78, 5) is 0. The number of halogens is 3. The van der Waals surface area contributed by atoms with Crippen LogP contribution in [0.4, 0.5) is 13.2 Å². The van der Waals surface area contributed by atoms with Crippen molar-refractivity contribution in [3.05, 3.63) is 53.1 Å². The fourth-order valence-electron chi connectivity index (χ4n) is 1.84. The summed E-state index contributed by atoms with van der Waals surface area (Å²) in [6.45, 7) is 0. The molecule has 1 unspecified atom stereocenters. The molecule has 0 aliphatic carbocycles. The Balaban J connectivity index is 2.26. The standard InChI is InChI=1S/C12H12F3N3/c1-18-6-7(5-17-18)2-11(16)12-9(14)3-8(13)4-10(12)15/h3-6,11H,2,16H2,1H3. The van der Waals surface area contributed by atoms with Crippen LogP contribution < -0.4 is 5.73 Å². The van der Waals surface area contributed by atoms with E-state index in [1.54, 1.807) is 24.1 Å². The van der Waals surface area contributed by atoms with Gasteiger partial charge in [-0.05, 0) is 12.0 Å². The zero-order valence-electron chi connectivity index (χ0n) is 9.70. The molecule has 0 aliphatic rings. The molecule has 1 heterocycles. The van der Waals surface area contributed by atoms with E-state index in [9.17, 15) is 13.2 Å². The van der Waals surface area contributed by atoms with Crippen molar-refractivity contribution in [1.29, 1.82) is 0 Å². The molecule has 1 atom stereocenters. The van der Waals surface area contributed by atoms with Gasteiger partial charge in [-0.25, -0.2) is 13.2 Å². The number of aryl methyl sites for hydroxylation is 1. The molecular weight excluding hydrogens is 243 g/mol. The van der Waals surface area contributed by atoms with E-state index in [1.807, 2.05) is 0 Å². The lowest BCUT2D eigenvalue weighted by Crippen LogP contribution is -2.17. The van der Waals surface area contributed by atoms with Gasteiger partial charge in [0.1, 0.15) is 17.5 Å². The Morgan fingerprint density at radius 3 is 2.39 bits per heavy atom. The minimum Gasteiger partial charge on any atom is -0.323 e. The highest BCUT2D eigenvalue weighted by molar-refractivity contribution is 5.25. The second-order valence-corrected chi connectivity index (χ2v) is 4.12. The van der Waals surface area contributed by atoms with Crippen molar-refractivity contribution >= 4 is 0 Å². The lowest BCUT2D eigenvalue weighted by Gasteiger charge is -2.13. The van der Waals surface area contributed by atoms with E-state index in [0.29, 0.717) is 12.1 Å². The predicted molar refractivity (Wildman–Crippen MR) is 60.2 cm³/mol. The Morgan fingerprint density at radius 1 is 1.28 bits per heavy atom. The first kappa shape index (κ1) is 12.6. The smallest absolute Gasteiger partial charge is 0.133 e. The summed E-state index contributed by atoms with van der Waals surface area (Å²) in [5.74, 6) is -2.89. The van der Waals surface area contributed by atoms with E-state index >= 15 is 0 Å². The molecule has 6 heteroatoms. The first-order valence-electron chi connectivity index (χ1n) is 5.35. The van der Waals surface area contributed by atoms with Gasteiger partial charge in [0.15, 0.2) is 0 Å². The molecule has 96 valence electrons. The van der Waals surface area contributed by atoms with E-state index in [4.69, 9.17) is 5.73 Å². The van der Waals surface area contributed by atoms with E-state index in [1.165, 1.54) is 0 Å². The van der Waals surface area contributed by atoms with Crippen LogP contribution in [0.1, 0.15) is 17.2 Å². The molecule has 0 bridgehead atoms. The van der Waals surface area contributed by atoms with Crippen molar-refractivity contribution in [2.24, 2.45) is 12.8 Å². The highest BCUT2D eigenvalue weighted by Gasteiger charge is 2.19. The van der Waals surface area contributed by atoms with Gasteiger partial charge in [0.25, 0.3) is 0 Å². The summed E-state index contributed by atoms with van der Waals surface area (Å²) < 4.78 is 41.3. The third kappa shape index (κ3) is 2.53. The van der Waals surface area contributed by atoms with Gasteiger partial charge in [0.05, 0.1) is 6.20 Å². The average molecular weight is 255 g/mol. The third-order valence-corrected chi connectivity index (χ3v) is 2.63. The normalized spacial score (nSPS) is 12.7. The largest absolute Gasteiger partial charge is 0.323 e. The van der Waals surface area contributed by atoms with Gasteiger partial charge in [0.2, 0.25) is 0 Å². The molecule has 0 amide bonds. The predicted octanol–water partition coefficient (Wildman–Crippen LogP) is 2.08. The number of nitrogens with zero attached hydrogens (tertiary/aromatic N) is 2. The first-order chi connectivity index (χ1) is 8.47. The Hall–Kier alpha value is -1.82. The maximum Gasteiger partial charge on any atom is 0.133 e. The zero-order chi connectivity index (χ0) is 13.3. The molecular formula is C12H12F3N3. The molecule has 0 saturated carbocycles. The Labute approximate surface area is 102 Å². The SMILES string of the molecule is Cn1cc(CC(N)c2c(F)cc(F)cc2F)cn1. The van der Waals surface area contributed by atoms with Crippen LogP contribution in [0.2, 0.25) is 0 Å². The van der Waals surface area contributed by atoms with Gasteiger partial charge in [-0.1, -0.05) is 0 Å². The number of nitrogens with two attached hydrogens (primary N) is 1. The minimum atomic E-state index is -0.969. The number of aromatic nitrogens is 2. The number of benzene rings is 1. The summed E-state index contributed by atoms with van der Waals surface area (Å²) in [6.07, 6.45) is 3.51. The maximum atomic E-state index is 13.5. The van der Waals surface area contributed by atoms with Gasteiger partial charge in [0, 0.05) is 37.0 Å². The Bertz CT molecular complexity index is 542. The van der Waals surface area contributed by atoms with Gasteiger partial charge >= 0.3 is 0 Å². The fourth-order valence-corrected chi connectivity index (χ4v) is 1.84. The fraction of sp³-hybridized carbons (Fsp3) is 0.250. The van der Waals surface area contributed by atoms with Gasteiger partial charge in [-0.15, -0.1) is 0 Å². The lowest BCUT2D eigenvalue weighted by atomic mass is 10.0. The quantitative estimate of drug-likeness (QED) is 0.912. The molecule has 0 aliphatic heterocycles. The molecule has 1 aromatic carbocycles. The summed E-state index contributed by atoms with van der Waals surface area (Å²) in [6, 6.07) is 0.373. The summed E-state index contributed by atoms with van der Waals surface area (Å²) >= 11 is 0. The summed E-state index contributed by atoms with van der Waals surface area (Å²) in [5, 5.41) is 3.94. The Morgan fingerprint density at radius 2 is 1.89 bits per heavy atom. The van der Waals surface area contributed by atoms with E-state index in [0.717, 1.165) is 5.56 Å². The van der Waals surface area contributed by atoms with Crippen molar-refractivity contribution in [2.75, 3.05) is 0 Å². The van der Waals surface area contributed by atoms with Crippen molar-refractivity contribution in [2.45, 2.75) is 12.5 Å². The van der Waals surface area contributed by atoms with Gasteiger partial charge in [-0.2, -0.15) is 5.10 Å². The molecule has 0 fully saturated rings. The Kier molecular flexibility index (Phi) is 3.38. The summed E-state index contributed by atoms with van der Waals surface area (Å²) in [5.41, 5.74) is 6.20.